The Hall–Kier alpha value is -1.20. The first kappa shape index (κ1) is 15.9. The van der Waals surface area contributed by atoms with E-state index in [1.165, 1.54) is 6.07 Å². The molecule has 1 N–H and O–H groups in total. The summed E-state index contributed by atoms with van der Waals surface area (Å²) in [6.07, 6.45) is 0. The van der Waals surface area contributed by atoms with Crippen LogP contribution in [0.1, 0.15) is 25.5 Å². The van der Waals surface area contributed by atoms with Crippen LogP contribution in [0, 0.1) is 0 Å². The molecular formula is C14H22F2N2O. The van der Waals surface area contributed by atoms with E-state index in [4.69, 9.17) is 0 Å². The van der Waals surface area contributed by atoms with Gasteiger partial charge in [0.2, 0.25) is 0 Å². The van der Waals surface area contributed by atoms with Crippen molar-refractivity contribution in [1.29, 1.82) is 0 Å². The SMILES string of the molecule is CC(CN(C)C)NC(C)c1cccc(OC(F)F)c1. The number of benzene rings is 1. The van der Waals surface area contributed by atoms with E-state index in [1.807, 2.05) is 27.1 Å². The highest BCUT2D eigenvalue weighted by atomic mass is 19.3. The van der Waals surface area contributed by atoms with Gasteiger partial charge in [-0.3, -0.25) is 0 Å². The number of rotatable bonds is 7. The third kappa shape index (κ3) is 5.98. The van der Waals surface area contributed by atoms with Gasteiger partial charge in [0.1, 0.15) is 5.75 Å². The lowest BCUT2D eigenvalue weighted by atomic mass is 10.1. The van der Waals surface area contributed by atoms with Gasteiger partial charge < -0.3 is 15.0 Å². The van der Waals surface area contributed by atoms with Gasteiger partial charge in [0, 0.05) is 18.6 Å². The molecule has 1 aromatic carbocycles. The second-order valence-corrected chi connectivity index (χ2v) is 5.00. The molecule has 108 valence electrons. The van der Waals surface area contributed by atoms with Crippen LogP contribution in [0.3, 0.4) is 0 Å². The Bertz CT molecular complexity index is 385. The maximum absolute atomic E-state index is 12.2. The van der Waals surface area contributed by atoms with Gasteiger partial charge in [0.05, 0.1) is 0 Å². The zero-order chi connectivity index (χ0) is 14.4. The lowest BCUT2D eigenvalue weighted by Gasteiger charge is -2.23. The van der Waals surface area contributed by atoms with E-state index in [2.05, 4.69) is 21.9 Å². The van der Waals surface area contributed by atoms with Crippen LogP contribution < -0.4 is 10.1 Å². The Morgan fingerprint density at radius 1 is 1.26 bits per heavy atom. The van der Waals surface area contributed by atoms with Crippen LogP contribution >= 0.6 is 0 Å². The summed E-state index contributed by atoms with van der Waals surface area (Å²) in [6.45, 7) is 2.23. The van der Waals surface area contributed by atoms with E-state index in [9.17, 15) is 8.78 Å². The maximum atomic E-state index is 12.2. The molecule has 0 bridgehead atoms. The quantitative estimate of drug-likeness (QED) is 0.826. The fraction of sp³-hybridized carbons (Fsp3) is 0.571. The molecule has 5 heteroatoms. The number of nitrogens with one attached hydrogen (secondary N) is 1. The highest BCUT2D eigenvalue weighted by Gasteiger charge is 2.12. The van der Waals surface area contributed by atoms with Gasteiger partial charge in [0.15, 0.2) is 0 Å². The highest BCUT2D eigenvalue weighted by molar-refractivity contribution is 5.30. The molecule has 0 aliphatic rings. The standard InChI is InChI=1S/C14H22F2N2O/c1-10(9-18(3)4)17-11(2)12-6-5-7-13(8-12)19-14(15)16/h5-8,10-11,14,17H,9H2,1-4H3. The fourth-order valence-corrected chi connectivity index (χ4v) is 2.08. The van der Waals surface area contributed by atoms with E-state index >= 15 is 0 Å². The van der Waals surface area contributed by atoms with Crippen LogP contribution in [0.4, 0.5) is 8.78 Å². The Labute approximate surface area is 113 Å². The molecule has 0 heterocycles. The smallest absolute Gasteiger partial charge is 0.387 e. The minimum Gasteiger partial charge on any atom is -0.435 e. The van der Waals surface area contributed by atoms with Crippen molar-refractivity contribution in [3.8, 4) is 5.75 Å². The second-order valence-electron chi connectivity index (χ2n) is 5.00. The van der Waals surface area contributed by atoms with Crippen molar-refractivity contribution in [1.82, 2.24) is 10.2 Å². The molecule has 0 radical (unpaired) electrons. The largest absolute Gasteiger partial charge is 0.435 e. The molecular weight excluding hydrogens is 250 g/mol. The Balaban J connectivity index is 2.63. The molecule has 19 heavy (non-hydrogen) atoms. The molecule has 2 unspecified atom stereocenters. The summed E-state index contributed by atoms with van der Waals surface area (Å²) in [5, 5.41) is 3.42. The first-order valence-electron chi connectivity index (χ1n) is 6.34. The summed E-state index contributed by atoms with van der Waals surface area (Å²) in [5.74, 6) is 0.196. The van der Waals surface area contributed by atoms with Gasteiger partial charge in [0.25, 0.3) is 0 Å². The number of nitrogens with zero attached hydrogens (tertiary/aromatic N) is 1. The van der Waals surface area contributed by atoms with E-state index in [-0.39, 0.29) is 11.8 Å². The normalized spacial score (nSPS) is 14.7. The molecule has 1 rings (SSSR count). The minimum absolute atomic E-state index is 0.0798. The van der Waals surface area contributed by atoms with E-state index < -0.39 is 6.61 Å². The van der Waals surface area contributed by atoms with Crippen molar-refractivity contribution < 1.29 is 13.5 Å². The first-order chi connectivity index (χ1) is 8.88. The summed E-state index contributed by atoms with van der Waals surface area (Å²) in [4.78, 5) is 2.10. The predicted molar refractivity (Wildman–Crippen MR) is 72.6 cm³/mol. The average Bonchev–Trinajstić information content (AvgIpc) is 2.27. The molecule has 0 spiro atoms. The van der Waals surface area contributed by atoms with Crippen LogP contribution in [-0.2, 0) is 0 Å². The molecule has 0 aromatic heterocycles. The molecule has 0 aliphatic heterocycles. The van der Waals surface area contributed by atoms with Crippen molar-refractivity contribution in [3.63, 3.8) is 0 Å². The minimum atomic E-state index is -2.79. The molecule has 0 saturated carbocycles. The Morgan fingerprint density at radius 3 is 2.53 bits per heavy atom. The van der Waals surface area contributed by atoms with Crippen molar-refractivity contribution in [2.75, 3.05) is 20.6 Å². The zero-order valence-corrected chi connectivity index (χ0v) is 11.9. The van der Waals surface area contributed by atoms with Gasteiger partial charge in [-0.15, -0.1) is 0 Å². The lowest BCUT2D eigenvalue weighted by molar-refractivity contribution is -0.0499. The van der Waals surface area contributed by atoms with Gasteiger partial charge in [-0.2, -0.15) is 8.78 Å². The van der Waals surface area contributed by atoms with E-state index in [0.717, 1.165) is 12.1 Å². The second kappa shape index (κ2) is 7.40. The summed E-state index contributed by atoms with van der Waals surface area (Å²) < 4.78 is 28.7. The monoisotopic (exact) mass is 272 g/mol. The molecule has 3 nitrogen and oxygen atoms in total. The van der Waals surface area contributed by atoms with Crippen molar-refractivity contribution in [2.24, 2.45) is 0 Å². The van der Waals surface area contributed by atoms with Gasteiger partial charge in [-0.25, -0.2) is 0 Å². The first-order valence-corrected chi connectivity index (χ1v) is 6.34. The third-order valence-electron chi connectivity index (χ3n) is 2.76. The highest BCUT2D eigenvalue weighted by Crippen LogP contribution is 2.20. The fourth-order valence-electron chi connectivity index (χ4n) is 2.08. The van der Waals surface area contributed by atoms with Crippen LogP contribution in [0.15, 0.2) is 24.3 Å². The van der Waals surface area contributed by atoms with Crippen molar-refractivity contribution >= 4 is 0 Å². The van der Waals surface area contributed by atoms with Gasteiger partial charge in [-0.1, -0.05) is 12.1 Å². The molecule has 0 amide bonds. The maximum Gasteiger partial charge on any atom is 0.387 e. The number of hydrogen-bond donors (Lipinski definition) is 1. The summed E-state index contributed by atoms with van der Waals surface area (Å²) >= 11 is 0. The summed E-state index contributed by atoms with van der Waals surface area (Å²) in [7, 11) is 4.03. The van der Waals surface area contributed by atoms with Gasteiger partial charge in [-0.05, 0) is 45.6 Å². The van der Waals surface area contributed by atoms with Crippen LogP contribution in [0.2, 0.25) is 0 Å². The van der Waals surface area contributed by atoms with Crippen molar-refractivity contribution in [2.45, 2.75) is 32.5 Å². The van der Waals surface area contributed by atoms with E-state index in [0.29, 0.717) is 6.04 Å². The third-order valence-corrected chi connectivity index (χ3v) is 2.76. The summed E-state index contributed by atoms with van der Waals surface area (Å²) in [5.41, 5.74) is 0.934. The summed E-state index contributed by atoms with van der Waals surface area (Å²) in [6, 6.07) is 7.19. The zero-order valence-electron chi connectivity index (χ0n) is 11.9. The van der Waals surface area contributed by atoms with Gasteiger partial charge >= 0.3 is 6.61 Å². The topological polar surface area (TPSA) is 24.5 Å². The molecule has 1 aromatic rings. The average molecular weight is 272 g/mol. The van der Waals surface area contributed by atoms with Crippen molar-refractivity contribution in [3.05, 3.63) is 29.8 Å². The van der Waals surface area contributed by atoms with Crippen LogP contribution in [0.25, 0.3) is 0 Å². The van der Waals surface area contributed by atoms with Crippen LogP contribution in [0.5, 0.6) is 5.75 Å². The molecule has 0 saturated heterocycles. The molecule has 2 atom stereocenters. The van der Waals surface area contributed by atoms with E-state index in [1.54, 1.807) is 12.1 Å². The number of hydrogen-bond acceptors (Lipinski definition) is 3. The van der Waals surface area contributed by atoms with Crippen LogP contribution in [-0.4, -0.2) is 38.2 Å². The Morgan fingerprint density at radius 2 is 1.95 bits per heavy atom. The molecule has 0 fully saturated rings. The number of alkyl halides is 2. The number of ether oxygens (including phenoxy) is 1. The number of halogens is 2. The lowest BCUT2D eigenvalue weighted by Crippen LogP contribution is -2.37. The number of likely N-dealkylation sites (N-methyl/N-ethyl adjacent to an activating group) is 1. The molecule has 0 aliphatic carbocycles. The Kier molecular flexibility index (Phi) is 6.18. The predicted octanol–water partition coefficient (Wildman–Crippen LogP) is 2.89.